The quantitative estimate of drug-likeness (QED) is 0.292. The number of benzene rings is 4. The van der Waals surface area contributed by atoms with Crippen molar-refractivity contribution in [3.63, 3.8) is 0 Å². The fourth-order valence-electron chi connectivity index (χ4n) is 4.52. The van der Waals surface area contributed by atoms with Crippen LogP contribution in [-0.2, 0) is 6.54 Å². The van der Waals surface area contributed by atoms with Gasteiger partial charge in [0.25, 0.3) is 0 Å². The number of nitrogens with one attached hydrogen (secondary N) is 1. The average Bonchev–Trinajstić information content (AvgIpc) is 3.14. The van der Waals surface area contributed by atoms with E-state index in [0.29, 0.717) is 0 Å². The number of nitrogens with zero attached hydrogens (tertiary/aromatic N) is 1. The van der Waals surface area contributed by atoms with Gasteiger partial charge in [-0.1, -0.05) is 72.4 Å². The van der Waals surface area contributed by atoms with Crippen LogP contribution < -0.4 is 5.32 Å². The number of hydrogen-bond donors (Lipinski definition) is 1. The second-order valence-corrected chi connectivity index (χ2v) is 8.90. The molecule has 0 saturated heterocycles. The summed E-state index contributed by atoms with van der Waals surface area (Å²) < 4.78 is 2.39. The topological polar surface area (TPSA) is 17.0 Å². The third kappa shape index (κ3) is 3.05. The van der Waals surface area contributed by atoms with Crippen molar-refractivity contribution in [3.8, 4) is 0 Å². The van der Waals surface area contributed by atoms with Gasteiger partial charge in [0, 0.05) is 38.1 Å². The maximum Gasteiger partial charge on any atom is 0.0599 e. The molecular formula is C28H22N2S. The predicted octanol–water partition coefficient (Wildman–Crippen LogP) is 8.19. The Kier molecular flexibility index (Phi) is 4.36. The second kappa shape index (κ2) is 7.36. The van der Waals surface area contributed by atoms with Gasteiger partial charge >= 0.3 is 0 Å². The van der Waals surface area contributed by atoms with Gasteiger partial charge in [-0.3, -0.25) is 0 Å². The Balaban J connectivity index is 1.40. The van der Waals surface area contributed by atoms with Gasteiger partial charge < -0.3 is 9.88 Å². The Morgan fingerprint density at radius 2 is 1.58 bits per heavy atom. The molecule has 0 saturated carbocycles. The van der Waals surface area contributed by atoms with E-state index < -0.39 is 0 Å². The average molecular weight is 419 g/mol. The van der Waals surface area contributed by atoms with Crippen LogP contribution in [0.4, 0.5) is 11.4 Å². The zero-order chi connectivity index (χ0) is 20.8. The minimum Gasteiger partial charge on any atom is -0.353 e. The number of fused-ring (bicyclic) bond motifs is 5. The first kappa shape index (κ1) is 18.3. The summed E-state index contributed by atoms with van der Waals surface area (Å²) in [6.45, 7) is 3.18. The highest BCUT2D eigenvalue weighted by Gasteiger charge is 2.16. The molecule has 0 aliphatic carbocycles. The van der Waals surface area contributed by atoms with E-state index >= 15 is 0 Å². The highest BCUT2D eigenvalue weighted by Crippen LogP contribution is 2.45. The molecule has 6 rings (SSSR count). The molecule has 3 heteroatoms. The molecule has 1 N–H and O–H groups in total. The molecule has 150 valence electrons. The lowest BCUT2D eigenvalue weighted by Gasteiger charge is -2.22. The van der Waals surface area contributed by atoms with Crippen molar-refractivity contribution >= 4 is 57.1 Å². The van der Waals surface area contributed by atoms with Crippen LogP contribution in [0.2, 0.25) is 0 Å². The number of aryl methyl sites for hydroxylation is 1. The van der Waals surface area contributed by atoms with Crippen molar-refractivity contribution in [1.29, 1.82) is 0 Å². The van der Waals surface area contributed by atoms with Crippen LogP contribution in [0.5, 0.6) is 0 Å². The Bertz CT molecular complexity index is 1480. The van der Waals surface area contributed by atoms with Crippen LogP contribution in [0.15, 0.2) is 94.7 Å². The maximum absolute atomic E-state index is 3.63. The Labute approximate surface area is 186 Å². The standard InChI is InChI=1S/C28H22N2S/c1-2-30-24-11-5-3-9-21(24)22-18-19(15-17-25(22)30)14-16-20-8-7-13-27-28(20)29-23-10-4-6-12-26(23)31-27/h3-18,29H,2H2,1H3. The molecule has 2 heterocycles. The van der Waals surface area contributed by atoms with E-state index in [9.17, 15) is 0 Å². The third-order valence-corrected chi connectivity index (χ3v) is 7.13. The largest absolute Gasteiger partial charge is 0.353 e. The summed E-state index contributed by atoms with van der Waals surface area (Å²) in [5.74, 6) is 0. The van der Waals surface area contributed by atoms with E-state index in [0.717, 1.165) is 6.54 Å². The fraction of sp³-hybridized carbons (Fsp3) is 0.0714. The number of rotatable bonds is 3. The highest BCUT2D eigenvalue weighted by atomic mass is 32.2. The van der Waals surface area contributed by atoms with Gasteiger partial charge in [0.1, 0.15) is 0 Å². The summed E-state index contributed by atoms with van der Waals surface area (Å²) in [5.41, 5.74) is 7.38. The summed E-state index contributed by atoms with van der Waals surface area (Å²) in [6, 6.07) is 30.5. The summed E-state index contributed by atoms with van der Waals surface area (Å²) in [7, 11) is 0. The van der Waals surface area contributed by atoms with E-state index in [1.54, 1.807) is 0 Å². The van der Waals surface area contributed by atoms with E-state index in [2.05, 4.69) is 114 Å². The minimum atomic E-state index is 0.972. The number of anilines is 2. The SMILES string of the molecule is CCn1c2ccccc2c2cc(C=Cc3cccc4c3Nc3ccccc3S4)ccc21. The number of para-hydroxylation sites is 3. The van der Waals surface area contributed by atoms with Gasteiger partial charge in [0.05, 0.1) is 11.4 Å². The van der Waals surface area contributed by atoms with Gasteiger partial charge in [-0.2, -0.15) is 0 Å². The monoisotopic (exact) mass is 418 g/mol. The zero-order valence-corrected chi connectivity index (χ0v) is 18.1. The lowest BCUT2D eigenvalue weighted by molar-refractivity contribution is 0.827. The second-order valence-electron chi connectivity index (χ2n) is 7.81. The van der Waals surface area contributed by atoms with Crippen LogP contribution in [0.25, 0.3) is 34.0 Å². The van der Waals surface area contributed by atoms with E-state index in [1.807, 2.05) is 11.8 Å². The smallest absolute Gasteiger partial charge is 0.0599 e. The highest BCUT2D eigenvalue weighted by molar-refractivity contribution is 7.99. The molecule has 2 nitrogen and oxygen atoms in total. The molecule has 0 radical (unpaired) electrons. The summed E-state index contributed by atoms with van der Waals surface area (Å²) in [6.07, 6.45) is 4.44. The van der Waals surface area contributed by atoms with Gasteiger partial charge in [-0.15, -0.1) is 0 Å². The first-order chi connectivity index (χ1) is 15.3. The summed E-state index contributed by atoms with van der Waals surface area (Å²) in [5, 5.41) is 6.27. The normalized spacial score (nSPS) is 12.8. The third-order valence-electron chi connectivity index (χ3n) is 5.99. The molecule has 5 aromatic rings. The zero-order valence-electron chi connectivity index (χ0n) is 17.3. The molecule has 1 aromatic heterocycles. The lowest BCUT2D eigenvalue weighted by Crippen LogP contribution is -2.01. The first-order valence-electron chi connectivity index (χ1n) is 10.7. The number of aromatic nitrogens is 1. The van der Waals surface area contributed by atoms with Crippen molar-refractivity contribution in [1.82, 2.24) is 4.57 Å². The van der Waals surface area contributed by atoms with E-state index in [1.165, 1.54) is 54.1 Å². The fourth-order valence-corrected chi connectivity index (χ4v) is 5.55. The van der Waals surface area contributed by atoms with Crippen LogP contribution >= 0.6 is 11.8 Å². The Morgan fingerprint density at radius 3 is 2.52 bits per heavy atom. The van der Waals surface area contributed by atoms with Gasteiger partial charge in [0.2, 0.25) is 0 Å². The molecule has 1 aliphatic heterocycles. The first-order valence-corrected chi connectivity index (χ1v) is 11.5. The predicted molar refractivity (Wildman–Crippen MR) is 134 cm³/mol. The molecule has 0 bridgehead atoms. The summed E-state index contributed by atoms with van der Waals surface area (Å²) in [4.78, 5) is 2.54. The molecule has 0 fully saturated rings. The van der Waals surface area contributed by atoms with Crippen LogP contribution in [-0.4, -0.2) is 4.57 Å². The molecule has 0 amide bonds. The summed E-state index contributed by atoms with van der Waals surface area (Å²) >= 11 is 1.83. The molecule has 0 atom stereocenters. The minimum absolute atomic E-state index is 0.972. The van der Waals surface area contributed by atoms with Crippen molar-refractivity contribution in [2.75, 3.05) is 5.32 Å². The lowest BCUT2D eigenvalue weighted by atomic mass is 10.1. The molecule has 1 aliphatic rings. The Morgan fingerprint density at radius 1 is 0.774 bits per heavy atom. The van der Waals surface area contributed by atoms with Crippen molar-refractivity contribution in [2.24, 2.45) is 0 Å². The Hall–Kier alpha value is -3.43. The van der Waals surface area contributed by atoms with Crippen molar-refractivity contribution in [3.05, 3.63) is 96.1 Å². The van der Waals surface area contributed by atoms with E-state index in [4.69, 9.17) is 0 Å². The van der Waals surface area contributed by atoms with Gasteiger partial charge in [0.15, 0.2) is 0 Å². The molecule has 0 unspecified atom stereocenters. The van der Waals surface area contributed by atoms with E-state index in [-0.39, 0.29) is 0 Å². The molecular weight excluding hydrogens is 396 g/mol. The van der Waals surface area contributed by atoms with Crippen LogP contribution in [0.3, 0.4) is 0 Å². The van der Waals surface area contributed by atoms with Crippen molar-refractivity contribution in [2.45, 2.75) is 23.3 Å². The van der Waals surface area contributed by atoms with Gasteiger partial charge in [-0.05, 0) is 54.4 Å². The van der Waals surface area contributed by atoms with Gasteiger partial charge in [-0.25, -0.2) is 0 Å². The maximum atomic E-state index is 3.63. The number of hydrogen-bond acceptors (Lipinski definition) is 2. The molecule has 31 heavy (non-hydrogen) atoms. The molecule has 4 aromatic carbocycles. The van der Waals surface area contributed by atoms with Crippen LogP contribution in [0, 0.1) is 0 Å². The molecule has 0 spiro atoms. The van der Waals surface area contributed by atoms with Crippen LogP contribution in [0.1, 0.15) is 18.1 Å². The van der Waals surface area contributed by atoms with Crippen molar-refractivity contribution < 1.29 is 0 Å².